The van der Waals surface area contributed by atoms with Crippen LogP contribution in [0.5, 0.6) is 0 Å². The Morgan fingerprint density at radius 3 is 2.94 bits per heavy atom. The van der Waals surface area contributed by atoms with Gasteiger partial charge < -0.3 is 15.6 Å². The molecule has 0 aliphatic heterocycles. The number of aromatic nitrogens is 1. The number of rotatable bonds is 3. The zero-order valence-corrected chi connectivity index (χ0v) is 11.8. The zero-order chi connectivity index (χ0) is 13.1. The van der Waals surface area contributed by atoms with Crippen molar-refractivity contribution in [3.05, 3.63) is 18.0 Å². The number of nitrogen functional groups attached to an aromatic ring is 1. The lowest BCUT2D eigenvalue weighted by Gasteiger charge is -2.28. The van der Waals surface area contributed by atoms with Gasteiger partial charge in [0, 0.05) is 24.5 Å². The Bertz CT molecular complexity index is 430. The normalized spacial score (nSPS) is 23.9. The molecule has 1 aromatic rings. The molecule has 3 N–H and O–H groups in total. The first-order valence-corrected chi connectivity index (χ1v) is 7.64. The third-order valence-electron chi connectivity index (χ3n) is 3.55. The number of nitrogens with two attached hydrogens (primary N) is 1. The molecule has 0 bridgehead atoms. The minimum absolute atomic E-state index is 0.0130. The van der Waals surface area contributed by atoms with Gasteiger partial charge in [-0.1, -0.05) is 6.42 Å². The lowest BCUT2D eigenvalue weighted by atomic mass is 9.95. The number of anilines is 1. The van der Waals surface area contributed by atoms with Crippen molar-refractivity contribution in [2.45, 2.75) is 37.0 Å². The van der Waals surface area contributed by atoms with Gasteiger partial charge in [0.15, 0.2) is 0 Å². The van der Waals surface area contributed by atoms with E-state index >= 15 is 0 Å². The summed E-state index contributed by atoms with van der Waals surface area (Å²) >= 11 is 1.90. The molecule has 1 amide bonds. The summed E-state index contributed by atoms with van der Waals surface area (Å²) in [5.41, 5.74) is 6.96. The number of carbonyl (C=O) groups excluding carboxylic acids is 1. The second-order valence-corrected chi connectivity index (χ2v) is 6.10. The van der Waals surface area contributed by atoms with Crippen molar-refractivity contribution in [3.63, 3.8) is 0 Å². The number of carbonyl (C=O) groups is 1. The highest BCUT2D eigenvalue weighted by atomic mass is 32.2. The second kappa shape index (κ2) is 5.69. The highest BCUT2D eigenvalue weighted by Gasteiger charge is 2.23. The highest BCUT2D eigenvalue weighted by molar-refractivity contribution is 7.99. The van der Waals surface area contributed by atoms with Crippen molar-refractivity contribution < 1.29 is 4.79 Å². The maximum atomic E-state index is 12.1. The summed E-state index contributed by atoms with van der Waals surface area (Å²) in [5, 5.41) is 3.81. The molecule has 2 unspecified atom stereocenters. The minimum atomic E-state index is -0.0130. The molecule has 5 heteroatoms. The summed E-state index contributed by atoms with van der Waals surface area (Å²) in [7, 11) is 1.84. The number of nitrogens with one attached hydrogen (secondary N) is 1. The van der Waals surface area contributed by atoms with Gasteiger partial charge in [0.25, 0.3) is 5.91 Å². The quantitative estimate of drug-likeness (QED) is 0.880. The number of aryl methyl sites for hydroxylation is 1. The van der Waals surface area contributed by atoms with E-state index in [0.717, 1.165) is 12.8 Å². The largest absolute Gasteiger partial charge is 0.397 e. The average molecular weight is 267 g/mol. The first-order chi connectivity index (χ1) is 8.60. The molecule has 4 nitrogen and oxygen atoms in total. The van der Waals surface area contributed by atoms with Crippen molar-refractivity contribution in [3.8, 4) is 0 Å². The van der Waals surface area contributed by atoms with Gasteiger partial charge in [0.1, 0.15) is 5.69 Å². The summed E-state index contributed by atoms with van der Waals surface area (Å²) in [6.45, 7) is 0. The number of hydrogen-bond acceptors (Lipinski definition) is 3. The van der Waals surface area contributed by atoms with E-state index in [1.54, 1.807) is 16.8 Å². The Morgan fingerprint density at radius 2 is 2.33 bits per heavy atom. The molecule has 1 aliphatic rings. The van der Waals surface area contributed by atoms with E-state index in [1.807, 2.05) is 18.8 Å². The molecule has 18 heavy (non-hydrogen) atoms. The van der Waals surface area contributed by atoms with Crippen LogP contribution in [0.4, 0.5) is 5.69 Å². The van der Waals surface area contributed by atoms with Crippen LogP contribution in [-0.2, 0) is 7.05 Å². The van der Waals surface area contributed by atoms with E-state index in [0.29, 0.717) is 22.7 Å². The molecule has 1 saturated carbocycles. The minimum Gasteiger partial charge on any atom is -0.397 e. The molecule has 0 radical (unpaired) electrons. The van der Waals surface area contributed by atoms with E-state index < -0.39 is 0 Å². The Hall–Kier alpha value is -1.10. The van der Waals surface area contributed by atoms with Gasteiger partial charge in [0.05, 0.1) is 5.69 Å². The molecule has 0 saturated heterocycles. The van der Waals surface area contributed by atoms with Crippen LogP contribution < -0.4 is 11.1 Å². The Kier molecular flexibility index (Phi) is 4.22. The number of thioether (sulfide) groups is 1. The summed E-state index contributed by atoms with van der Waals surface area (Å²) in [5.74, 6) is -0.0130. The van der Waals surface area contributed by atoms with Crippen LogP contribution in [0.1, 0.15) is 36.2 Å². The fourth-order valence-corrected chi connectivity index (χ4v) is 3.39. The second-order valence-electron chi connectivity index (χ2n) is 4.96. The maximum absolute atomic E-state index is 12.1. The lowest BCUT2D eigenvalue weighted by molar-refractivity contribution is 0.0920. The first kappa shape index (κ1) is 13.3. The number of nitrogens with zero attached hydrogens (tertiary/aromatic N) is 1. The fourth-order valence-electron chi connectivity index (χ4n) is 2.57. The van der Waals surface area contributed by atoms with Crippen molar-refractivity contribution in [2.75, 3.05) is 12.0 Å². The predicted octanol–water partition coefficient (Wildman–Crippen LogP) is 2.01. The zero-order valence-electron chi connectivity index (χ0n) is 11.0. The highest BCUT2D eigenvalue weighted by Crippen LogP contribution is 2.27. The Labute approximate surface area is 112 Å². The molecule has 1 heterocycles. The topological polar surface area (TPSA) is 60.1 Å². The van der Waals surface area contributed by atoms with E-state index in [1.165, 1.54) is 12.8 Å². The Morgan fingerprint density at radius 1 is 1.56 bits per heavy atom. The summed E-state index contributed by atoms with van der Waals surface area (Å²) in [6, 6.07) is 2.03. The van der Waals surface area contributed by atoms with Crippen LogP contribution in [0.2, 0.25) is 0 Å². The number of amides is 1. The fraction of sp³-hybridized carbons (Fsp3) is 0.615. The molecule has 1 fully saturated rings. The van der Waals surface area contributed by atoms with Gasteiger partial charge in [-0.3, -0.25) is 4.79 Å². The standard InChI is InChI=1S/C13H21N3OS/c1-16-8-9(14)6-12(16)13(17)15-10-4-3-5-11(7-10)18-2/h6,8,10-11H,3-5,7,14H2,1-2H3,(H,15,17). The van der Waals surface area contributed by atoms with Crippen molar-refractivity contribution in [1.82, 2.24) is 9.88 Å². The lowest BCUT2D eigenvalue weighted by Crippen LogP contribution is -2.39. The molecule has 2 atom stereocenters. The van der Waals surface area contributed by atoms with Crippen LogP contribution in [-0.4, -0.2) is 28.0 Å². The van der Waals surface area contributed by atoms with Gasteiger partial charge in [0.2, 0.25) is 0 Å². The van der Waals surface area contributed by atoms with Gasteiger partial charge in [-0.05, 0) is 31.6 Å². The van der Waals surface area contributed by atoms with Crippen molar-refractivity contribution >= 4 is 23.4 Å². The molecule has 1 aliphatic carbocycles. The van der Waals surface area contributed by atoms with Crippen LogP contribution in [0.15, 0.2) is 12.3 Å². The SMILES string of the molecule is CSC1CCCC(NC(=O)c2cc(N)cn2C)C1. The summed E-state index contributed by atoms with van der Waals surface area (Å²) in [4.78, 5) is 12.1. The van der Waals surface area contributed by atoms with Gasteiger partial charge in [-0.25, -0.2) is 0 Å². The van der Waals surface area contributed by atoms with E-state index in [2.05, 4.69) is 11.6 Å². The van der Waals surface area contributed by atoms with Crippen LogP contribution >= 0.6 is 11.8 Å². The van der Waals surface area contributed by atoms with Crippen LogP contribution in [0, 0.1) is 0 Å². The molecule has 2 rings (SSSR count). The molecule has 100 valence electrons. The van der Waals surface area contributed by atoms with E-state index in [9.17, 15) is 4.79 Å². The first-order valence-electron chi connectivity index (χ1n) is 6.35. The molecule has 0 spiro atoms. The van der Waals surface area contributed by atoms with Gasteiger partial charge in [-0.2, -0.15) is 11.8 Å². The average Bonchev–Trinajstić information content (AvgIpc) is 2.69. The third kappa shape index (κ3) is 3.02. The molecular formula is C13H21N3OS. The van der Waals surface area contributed by atoms with Crippen LogP contribution in [0.25, 0.3) is 0 Å². The third-order valence-corrected chi connectivity index (χ3v) is 4.65. The van der Waals surface area contributed by atoms with Crippen molar-refractivity contribution in [1.29, 1.82) is 0 Å². The smallest absolute Gasteiger partial charge is 0.268 e. The monoisotopic (exact) mass is 267 g/mol. The Balaban J connectivity index is 1.97. The van der Waals surface area contributed by atoms with E-state index in [4.69, 9.17) is 5.73 Å². The van der Waals surface area contributed by atoms with Gasteiger partial charge >= 0.3 is 0 Å². The molecule has 0 aromatic carbocycles. The van der Waals surface area contributed by atoms with E-state index in [-0.39, 0.29) is 5.91 Å². The summed E-state index contributed by atoms with van der Waals surface area (Å²) in [6.07, 6.45) is 8.54. The maximum Gasteiger partial charge on any atom is 0.268 e. The van der Waals surface area contributed by atoms with Crippen molar-refractivity contribution in [2.24, 2.45) is 7.05 Å². The van der Waals surface area contributed by atoms with Crippen LogP contribution in [0.3, 0.4) is 0 Å². The van der Waals surface area contributed by atoms with Gasteiger partial charge in [-0.15, -0.1) is 0 Å². The summed E-state index contributed by atoms with van der Waals surface area (Å²) < 4.78 is 1.78. The molecule has 1 aromatic heterocycles. The number of hydrogen-bond donors (Lipinski definition) is 2. The molecular weight excluding hydrogens is 246 g/mol. The predicted molar refractivity (Wildman–Crippen MR) is 76.9 cm³/mol.